The third kappa shape index (κ3) is 3.72. The summed E-state index contributed by atoms with van der Waals surface area (Å²) in [7, 11) is 0. The minimum Gasteiger partial charge on any atom is -0.325 e. The summed E-state index contributed by atoms with van der Waals surface area (Å²) < 4.78 is 26.5. The number of aryl methyl sites for hydroxylation is 1. The molecule has 0 saturated heterocycles. The van der Waals surface area contributed by atoms with Gasteiger partial charge in [-0.15, -0.1) is 0 Å². The fraction of sp³-hybridized carbons (Fsp3) is 0.400. The van der Waals surface area contributed by atoms with Crippen LogP contribution in [0.4, 0.5) is 8.78 Å². The molecule has 0 saturated carbocycles. The van der Waals surface area contributed by atoms with Crippen molar-refractivity contribution >= 4 is 15.9 Å². The largest absolute Gasteiger partial charge is 0.325 e. The molecule has 0 radical (unpaired) electrons. The highest BCUT2D eigenvalue weighted by molar-refractivity contribution is 9.10. The Hall–Kier alpha value is -0.480. The number of benzene rings is 1. The Kier molecular flexibility index (Phi) is 4.01. The van der Waals surface area contributed by atoms with E-state index in [4.69, 9.17) is 5.73 Å². The summed E-state index contributed by atoms with van der Waals surface area (Å²) >= 11 is 3.28. The first-order valence-electron chi connectivity index (χ1n) is 4.36. The summed E-state index contributed by atoms with van der Waals surface area (Å²) in [5, 5.41) is 0. The average molecular weight is 264 g/mol. The molecule has 0 heterocycles. The molecule has 1 rings (SSSR count). The van der Waals surface area contributed by atoms with Crippen LogP contribution >= 0.6 is 15.9 Å². The van der Waals surface area contributed by atoms with Crippen molar-refractivity contribution in [2.24, 2.45) is 5.73 Å². The van der Waals surface area contributed by atoms with Crippen molar-refractivity contribution in [3.05, 3.63) is 34.3 Å². The van der Waals surface area contributed by atoms with E-state index in [1.165, 1.54) is 0 Å². The van der Waals surface area contributed by atoms with Crippen LogP contribution in [0.2, 0.25) is 0 Å². The zero-order valence-electron chi connectivity index (χ0n) is 7.64. The van der Waals surface area contributed by atoms with Gasteiger partial charge in [-0.25, -0.2) is 8.78 Å². The monoisotopic (exact) mass is 263 g/mol. The van der Waals surface area contributed by atoms with Crippen molar-refractivity contribution in [3.63, 3.8) is 0 Å². The average Bonchev–Trinajstić information content (AvgIpc) is 2.17. The summed E-state index contributed by atoms with van der Waals surface area (Å²) in [6.45, 7) is -0.580. The molecule has 0 amide bonds. The van der Waals surface area contributed by atoms with Crippen LogP contribution in [0, 0.1) is 0 Å². The van der Waals surface area contributed by atoms with Crippen LogP contribution in [0.3, 0.4) is 0 Å². The number of alkyl halides is 2. The molecule has 0 unspecified atom stereocenters. The highest BCUT2D eigenvalue weighted by Gasteiger charge is 2.25. The molecule has 78 valence electrons. The van der Waals surface area contributed by atoms with Gasteiger partial charge in [-0.3, -0.25) is 0 Å². The molecule has 14 heavy (non-hydrogen) atoms. The van der Waals surface area contributed by atoms with Crippen LogP contribution in [0.15, 0.2) is 28.7 Å². The highest BCUT2D eigenvalue weighted by atomic mass is 79.9. The van der Waals surface area contributed by atoms with Crippen LogP contribution in [-0.2, 0) is 6.42 Å². The molecule has 0 atom stereocenters. The van der Waals surface area contributed by atoms with Crippen LogP contribution < -0.4 is 5.73 Å². The van der Waals surface area contributed by atoms with E-state index in [9.17, 15) is 8.78 Å². The molecule has 0 aromatic heterocycles. The number of nitrogens with two attached hydrogens (primary N) is 1. The maximum absolute atomic E-state index is 12.8. The van der Waals surface area contributed by atoms with Crippen molar-refractivity contribution in [2.75, 3.05) is 6.54 Å². The van der Waals surface area contributed by atoms with Crippen molar-refractivity contribution in [3.8, 4) is 0 Å². The summed E-state index contributed by atoms with van der Waals surface area (Å²) in [5.41, 5.74) is 5.84. The fourth-order valence-corrected chi connectivity index (χ4v) is 1.34. The van der Waals surface area contributed by atoms with Crippen molar-refractivity contribution in [1.29, 1.82) is 0 Å². The molecule has 0 bridgehead atoms. The smallest absolute Gasteiger partial charge is 0.260 e. The molecule has 0 aliphatic carbocycles. The van der Waals surface area contributed by atoms with Gasteiger partial charge in [0.05, 0.1) is 6.54 Å². The fourth-order valence-electron chi connectivity index (χ4n) is 1.08. The predicted molar refractivity (Wildman–Crippen MR) is 56.5 cm³/mol. The molecule has 1 nitrogen and oxygen atoms in total. The normalized spacial score (nSPS) is 11.7. The van der Waals surface area contributed by atoms with Gasteiger partial charge < -0.3 is 5.73 Å². The van der Waals surface area contributed by atoms with E-state index in [2.05, 4.69) is 15.9 Å². The second-order valence-corrected chi connectivity index (χ2v) is 4.10. The number of rotatable bonds is 4. The van der Waals surface area contributed by atoms with Gasteiger partial charge >= 0.3 is 0 Å². The molecule has 1 aromatic rings. The molecule has 0 fully saturated rings. The number of hydrogen-bond acceptors (Lipinski definition) is 1. The quantitative estimate of drug-likeness (QED) is 0.888. The van der Waals surface area contributed by atoms with Gasteiger partial charge in [0.2, 0.25) is 0 Å². The maximum atomic E-state index is 12.8. The minimum atomic E-state index is -2.74. The standard InChI is InChI=1S/C10H12BrF2N/c11-9-3-1-8(2-4-9)5-6-10(12,13)7-14/h1-4H,5-7,14H2. The van der Waals surface area contributed by atoms with E-state index in [0.29, 0.717) is 6.42 Å². The predicted octanol–water partition coefficient (Wildman–Crippen LogP) is 2.98. The van der Waals surface area contributed by atoms with E-state index < -0.39 is 12.5 Å². The van der Waals surface area contributed by atoms with Crippen LogP contribution in [-0.4, -0.2) is 12.5 Å². The summed E-state index contributed by atoms with van der Waals surface area (Å²) in [6, 6.07) is 7.35. The highest BCUT2D eigenvalue weighted by Crippen LogP contribution is 2.20. The van der Waals surface area contributed by atoms with Crippen LogP contribution in [0.1, 0.15) is 12.0 Å². The van der Waals surface area contributed by atoms with Gasteiger partial charge in [-0.05, 0) is 24.1 Å². The molecule has 0 aliphatic rings. The Morgan fingerprint density at radius 1 is 1.21 bits per heavy atom. The van der Waals surface area contributed by atoms with E-state index >= 15 is 0 Å². The van der Waals surface area contributed by atoms with Gasteiger partial charge in [-0.1, -0.05) is 28.1 Å². The molecular weight excluding hydrogens is 252 g/mol. The SMILES string of the molecule is NCC(F)(F)CCc1ccc(Br)cc1. The second kappa shape index (κ2) is 4.84. The van der Waals surface area contributed by atoms with E-state index in [0.717, 1.165) is 10.0 Å². The summed E-state index contributed by atoms with van der Waals surface area (Å²) in [6.07, 6.45) is 0.169. The van der Waals surface area contributed by atoms with E-state index in [-0.39, 0.29) is 6.42 Å². The van der Waals surface area contributed by atoms with Gasteiger partial charge in [0, 0.05) is 10.9 Å². The van der Waals surface area contributed by atoms with Gasteiger partial charge in [0.15, 0.2) is 0 Å². The van der Waals surface area contributed by atoms with Crippen molar-refractivity contribution in [2.45, 2.75) is 18.8 Å². The minimum absolute atomic E-state index is 0.189. The lowest BCUT2D eigenvalue weighted by molar-refractivity contribution is 0.00247. The number of halogens is 3. The Balaban J connectivity index is 2.50. The first-order chi connectivity index (χ1) is 6.53. The van der Waals surface area contributed by atoms with Crippen molar-refractivity contribution < 1.29 is 8.78 Å². The maximum Gasteiger partial charge on any atom is 0.260 e. The zero-order chi connectivity index (χ0) is 10.6. The second-order valence-electron chi connectivity index (χ2n) is 3.19. The Morgan fingerprint density at radius 3 is 2.29 bits per heavy atom. The first kappa shape index (κ1) is 11.6. The van der Waals surface area contributed by atoms with Gasteiger partial charge in [0.25, 0.3) is 5.92 Å². The molecule has 1 aromatic carbocycles. The van der Waals surface area contributed by atoms with Gasteiger partial charge in [-0.2, -0.15) is 0 Å². The lowest BCUT2D eigenvalue weighted by atomic mass is 10.1. The molecule has 0 spiro atoms. The summed E-state index contributed by atoms with van der Waals surface area (Å²) in [5.74, 6) is -2.74. The van der Waals surface area contributed by atoms with E-state index in [1.807, 2.05) is 24.3 Å². The molecule has 4 heteroatoms. The van der Waals surface area contributed by atoms with Gasteiger partial charge in [0.1, 0.15) is 0 Å². The first-order valence-corrected chi connectivity index (χ1v) is 5.15. The Bertz CT molecular complexity index is 285. The molecular formula is C10H12BrF2N. The van der Waals surface area contributed by atoms with Crippen LogP contribution in [0.5, 0.6) is 0 Å². The lowest BCUT2D eigenvalue weighted by Crippen LogP contribution is -2.28. The van der Waals surface area contributed by atoms with E-state index in [1.54, 1.807) is 0 Å². The van der Waals surface area contributed by atoms with Crippen molar-refractivity contribution in [1.82, 2.24) is 0 Å². The Morgan fingerprint density at radius 2 is 1.79 bits per heavy atom. The lowest BCUT2D eigenvalue weighted by Gasteiger charge is -2.13. The number of hydrogen-bond donors (Lipinski definition) is 1. The Labute approximate surface area is 90.4 Å². The third-order valence-corrected chi connectivity index (χ3v) is 2.52. The molecule has 0 aliphatic heterocycles. The molecule has 2 N–H and O–H groups in total. The topological polar surface area (TPSA) is 26.0 Å². The third-order valence-electron chi connectivity index (χ3n) is 1.99. The summed E-state index contributed by atoms with van der Waals surface area (Å²) in [4.78, 5) is 0. The zero-order valence-corrected chi connectivity index (χ0v) is 9.23. The van der Waals surface area contributed by atoms with Crippen LogP contribution in [0.25, 0.3) is 0 Å².